The zero-order valence-electron chi connectivity index (χ0n) is 10.4. The molecule has 0 spiro atoms. The third-order valence-corrected chi connectivity index (χ3v) is 3.55. The van der Waals surface area contributed by atoms with Crippen molar-refractivity contribution in [2.75, 3.05) is 6.54 Å². The van der Waals surface area contributed by atoms with Crippen molar-refractivity contribution >= 4 is 0 Å². The van der Waals surface area contributed by atoms with Gasteiger partial charge in [0.1, 0.15) is 0 Å². The molecule has 1 aliphatic rings. The maximum absolute atomic E-state index is 6.25. The van der Waals surface area contributed by atoms with Crippen LogP contribution in [0.15, 0.2) is 54.6 Å². The lowest BCUT2D eigenvalue weighted by molar-refractivity contribution is 0.223. The van der Waals surface area contributed by atoms with E-state index in [0.717, 1.165) is 19.6 Å². The molecule has 0 radical (unpaired) electrons. The first-order chi connectivity index (χ1) is 8.83. The van der Waals surface area contributed by atoms with Crippen LogP contribution >= 0.6 is 0 Å². The van der Waals surface area contributed by atoms with Crippen LogP contribution in [0.25, 0.3) is 0 Å². The second kappa shape index (κ2) is 4.92. The smallest absolute Gasteiger partial charge is 0.0427 e. The van der Waals surface area contributed by atoms with Gasteiger partial charge in [-0.25, -0.2) is 0 Å². The highest BCUT2D eigenvalue weighted by molar-refractivity contribution is 5.32. The summed E-state index contributed by atoms with van der Waals surface area (Å²) in [6.07, 6.45) is 0. The van der Waals surface area contributed by atoms with Crippen LogP contribution in [0.5, 0.6) is 0 Å². The summed E-state index contributed by atoms with van der Waals surface area (Å²) in [5.41, 5.74) is 10.3. The second-order valence-electron chi connectivity index (χ2n) is 4.96. The number of nitrogens with zero attached hydrogens (tertiary/aromatic N) is 1. The van der Waals surface area contributed by atoms with Gasteiger partial charge in [-0.15, -0.1) is 0 Å². The molecule has 3 rings (SSSR count). The van der Waals surface area contributed by atoms with E-state index in [4.69, 9.17) is 5.73 Å². The lowest BCUT2D eigenvalue weighted by Gasteiger charge is -2.32. The van der Waals surface area contributed by atoms with Crippen LogP contribution in [-0.4, -0.2) is 11.4 Å². The van der Waals surface area contributed by atoms with Crippen LogP contribution in [0.1, 0.15) is 22.7 Å². The molecule has 2 nitrogen and oxygen atoms in total. The van der Waals surface area contributed by atoms with Gasteiger partial charge >= 0.3 is 0 Å². The maximum Gasteiger partial charge on any atom is 0.0427 e. The Balaban J connectivity index is 1.78. The summed E-state index contributed by atoms with van der Waals surface area (Å²) in [5, 5.41) is 0. The molecule has 18 heavy (non-hydrogen) atoms. The predicted molar refractivity (Wildman–Crippen MR) is 73.9 cm³/mol. The monoisotopic (exact) mass is 238 g/mol. The molecular weight excluding hydrogens is 220 g/mol. The second-order valence-corrected chi connectivity index (χ2v) is 4.96. The summed E-state index contributed by atoms with van der Waals surface area (Å²) in [5.74, 6) is 0. The molecule has 1 aliphatic heterocycles. The Hall–Kier alpha value is -1.64. The van der Waals surface area contributed by atoms with Gasteiger partial charge in [-0.1, -0.05) is 54.6 Å². The van der Waals surface area contributed by atoms with E-state index < -0.39 is 0 Å². The predicted octanol–water partition coefficient (Wildman–Crippen LogP) is 2.70. The highest BCUT2D eigenvalue weighted by atomic mass is 15.1. The van der Waals surface area contributed by atoms with Crippen molar-refractivity contribution in [2.24, 2.45) is 5.73 Å². The van der Waals surface area contributed by atoms with Gasteiger partial charge in [0, 0.05) is 25.7 Å². The molecule has 2 aromatic carbocycles. The summed E-state index contributed by atoms with van der Waals surface area (Å²) in [4.78, 5) is 2.42. The maximum atomic E-state index is 6.25. The van der Waals surface area contributed by atoms with Crippen molar-refractivity contribution in [1.29, 1.82) is 0 Å². The quantitative estimate of drug-likeness (QED) is 0.871. The van der Waals surface area contributed by atoms with Gasteiger partial charge in [0.05, 0.1) is 0 Å². The van der Waals surface area contributed by atoms with Gasteiger partial charge < -0.3 is 5.73 Å². The summed E-state index contributed by atoms with van der Waals surface area (Å²) in [6.45, 7) is 2.91. The van der Waals surface area contributed by atoms with Crippen LogP contribution in [0, 0.1) is 0 Å². The lowest BCUT2D eigenvalue weighted by atomic mass is 9.96. The molecule has 0 amide bonds. The summed E-state index contributed by atoms with van der Waals surface area (Å²) < 4.78 is 0. The molecule has 0 bridgehead atoms. The molecule has 1 heterocycles. The third-order valence-electron chi connectivity index (χ3n) is 3.55. The van der Waals surface area contributed by atoms with Crippen molar-refractivity contribution in [2.45, 2.75) is 19.1 Å². The minimum Gasteiger partial charge on any atom is -0.323 e. The van der Waals surface area contributed by atoms with Gasteiger partial charge in [-0.3, -0.25) is 4.90 Å². The summed E-state index contributed by atoms with van der Waals surface area (Å²) >= 11 is 0. The van der Waals surface area contributed by atoms with Crippen molar-refractivity contribution in [3.8, 4) is 0 Å². The first kappa shape index (κ1) is 11.5. The standard InChI is InChI=1S/C16H18N2/c17-16-12-18(10-13-6-2-1-3-7-13)11-14-8-4-5-9-15(14)16/h1-9,16H,10-12,17H2/t16-/m0/s1. The van der Waals surface area contributed by atoms with Crippen molar-refractivity contribution in [3.05, 3.63) is 71.3 Å². The Morgan fingerprint density at radius 2 is 1.72 bits per heavy atom. The van der Waals surface area contributed by atoms with Crippen LogP contribution in [0.4, 0.5) is 0 Å². The van der Waals surface area contributed by atoms with Crippen LogP contribution in [0.3, 0.4) is 0 Å². The number of hydrogen-bond donors (Lipinski definition) is 1. The normalized spacial score (nSPS) is 19.5. The Labute approximate surface area is 108 Å². The molecule has 1 atom stereocenters. The Morgan fingerprint density at radius 3 is 2.56 bits per heavy atom. The van der Waals surface area contributed by atoms with Gasteiger partial charge in [-0.05, 0) is 16.7 Å². The largest absolute Gasteiger partial charge is 0.323 e. The molecule has 0 saturated carbocycles. The molecule has 2 aromatic rings. The topological polar surface area (TPSA) is 29.3 Å². The number of benzene rings is 2. The average Bonchev–Trinajstić information content (AvgIpc) is 2.40. The van der Waals surface area contributed by atoms with E-state index in [1.165, 1.54) is 16.7 Å². The van der Waals surface area contributed by atoms with Gasteiger partial charge in [0.25, 0.3) is 0 Å². The van der Waals surface area contributed by atoms with E-state index in [9.17, 15) is 0 Å². The Bertz CT molecular complexity index is 522. The van der Waals surface area contributed by atoms with E-state index in [2.05, 4.69) is 59.5 Å². The zero-order chi connectivity index (χ0) is 12.4. The van der Waals surface area contributed by atoms with Crippen molar-refractivity contribution in [1.82, 2.24) is 4.90 Å². The molecule has 0 fully saturated rings. The molecular formula is C16H18N2. The Morgan fingerprint density at radius 1 is 1.00 bits per heavy atom. The van der Waals surface area contributed by atoms with Gasteiger partial charge in [0.15, 0.2) is 0 Å². The minimum atomic E-state index is 0.138. The van der Waals surface area contributed by atoms with E-state index in [0.29, 0.717) is 0 Å². The highest BCUT2D eigenvalue weighted by Gasteiger charge is 2.21. The highest BCUT2D eigenvalue weighted by Crippen LogP contribution is 2.25. The minimum absolute atomic E-state index is 0.138. The summed E-state index contributed by atoms with van der Waals surface area (Å²) in [7, 11) is 0. The first-order valence-corrected chi connectivity index (χ1v) is 6.42. The Kier molecular flexibility index (Phi) is 3.13. The molecule has 2 heteroatoms. The fraction of sp³-hybridized carbons (Fsp3) is 0.250. The lowest BCUT2D eigenvalue weighted by Crippen LogP contribution is -2.36. The zero-order valence-corrected chi connectivity index (χ0v) is 10.4. The number of hydrogen-bond acceptors (Lipinski definition) is 2. The summed E-state index contributed by atoms with van der Waals surface area (Å²) in [6, 6.07) is 19.2. The SMILES string of the molecule is N[C@H]1CN(Cc2ccccc2)Cc2ccccc21. The number of fused-ring (bicyclic) bond motifs is 1. The van der Waals surface area contributed by atoms with Crippen molar-refractivity contribution in [3.63, 3.8) is 0 Å². The molecule has 92 valence electrons. The van der Waals surface area contributed by atoms with Gasteiger partial charge in [-0.2, -0.15) is 0 Å². The average molecular weight is 238 g/mol. The van der Waals surface area contributed by atoms with Crippen LogP contribution in [-0.2, 0) is 13.1 Å². The van der Waals surface area contributed by atoms with Crippen LogP contribution < -0.4 is 5.73 Å². The molecule has 0 unspecified atom stereocenters. The van der Waals surface area contributed by atoms with E-state index in [1.807, 2.05) is 0 Å². The van der Waals surface area contributed by atoms with Gasteiger partial charge in [0.2, 0.25) is 0 Å². The fourth-order valence-corrected chi connectivity index (χ4v) is 2.68. The fourth-order valence-electron chi connectivity index (χ4n) is 2.68. The molecule has 0 saturated heterocycles. The first-order valence-electron chi connectivity index (χ1n) is 6.42. The van der Waals surface area contributed by atoms with E-state index >= 15 is 0 Å². The van der Waals surface area contributed by atoms with Crippen molar-refractivity contribution < 1.29 is 0 Å². The number of rotatable bonds is 2. The van der Waals surface area contributed by atoms with E-state index in [1.54, 1.807) is 0 Å². The van der Waals surface area contributed by atoms with Crippen LogP contribution in [0.2, 0.25) is 0 Å². The number of nitrogens with two attached hydrogens (primary N) is 1. The molecule has 0 aromatic heterocycles. The molecule has 0 aliphatic carbocycles. The molecule has 2 N–H and O–H groups in total. The third kappa shape index (κ3) is 2.30. The van der Waals surface area contributed by atoms with E-state index in [-0.39, 0.29) is 6.04 Å².